The summed E-state index contributed by atoms with van der Waals surface area (Å²) in [5.74, 6) is -1.48. The molecule has 0 saturated heterocycles. The summed E-state index contributed by atoms with van der Waals surface area (Å²) in [5.41, 5.74) is 0.816. The summed E-state index contributed by atoms with van der Waals surface area (Å²) in [4.78, 5) is 25.7. The molecule has 1 aromatic rings. The molecule has 1 unspecified atom stereocenters. The first kappa shape index (κ1) is 16.1. The fourth-order valence-corrected chi connectivity index (χ4v) is 1.61. The molecule has 1 atom stereocenters. The van der Waals surface area contributed by atoms with Crippen molar-refractivity contribution >= 4 is 11.9 Å². The number of carboxylic acid groups (broad SMARTS) is 1. The van der Waals surface area contributed by atoms with Gasteiger partial charge in [-0.05, 0) is 31.7 Å². The highest BCUT2D eigenvalue weighted by Crippen LogP contribution is 2.06. The molecule has 0 heterocycles. The molecule has 1 aromatic carbocycles. The Morgan fingerprint density at radius 3 is 2.30 bits per heavy atom. The van der Waals surface area contributed by atoms with Crippen molar-refractivity contribution in [2.24, 2.45) is 0 Å². The molecule has 20 heavy (non-hydrogen) atoms. The fraction of sp³-hybridized carbons (Fsp3) is 0.429. The van der Waals surface area contributed by atoms with Gasteiger partial charge < -0.3 is 10.0 Å². The molecule has 5 nitrogen and oxygen atoms in total. The summed E-state index contributed by atoms with van der Waals surface area (Å²) in [7, 11) is 3.22. The van der Waals surface area contributed by atoms with E-state index in [0.717, 1.165) is 5.56 Å². The Bertz CT molecular complexity index is 476. The van der Waals surface area contributed by atoms with Crippen molar-refractivity contribution < 1.29 is 19.1 Å². The molecule has 0 aliphatic heterocycles. The molecule has 0 aliphatic carbocycles. The van der Waals surface area contributed by atoms with Crippen LogP contribution in [0.25, 0.3) is 0 Å². The molecule has 0 bridgehead atoms. The molecule has 0 fully saturated rings. The van der Waals surface area contributed by atoms with Crippen LogP contribution in [0.15, 0.2) is 24.3 Å². The van der Waals surface area contributed by atoms with E-state index in [-0.39, 0.29) is 18.3 Å². The lowest BCUT2D eigenvalue weighted by Crippen LogP contribution is -2.43. The minimum atomic E-state index is -0.971. The summed E-state index contributed by atoms with van der Waals surface area (Å²) in [6.45, 7) is 1.90. The Kier molecular flexibility index (Phi) is 5.64. The van der Waals surface area contributed by atoms with Crippen LogP contribution < -0.4 is 0 Å². The third-order valence-corrected chi connectivity index (χ3v) is 3.16. The van der Waals surface area contributed by atoms with E-state index in [2.05, 4.69) is 0 Å². The maximum atomic E-state index is 12.8. The number of carboxylic acids is 1. The van der Waals surface area contributed by atoms with Gasteiger partial charge in [0.25, 0.3) is 0 Å². The van der Waals surface area contributed by atoms with Crippen molar-refractivity contribution in [3.8, 4) is 0 Å². The van der Waals surface area contributed by atoms with E-state index in [1.165, 1.54) is 28.9 Å². The van der Waals surface area contributed by atoms with Gasteiger partial charge in [-0.3, -0.25) is 14.5 Å². The Labute approximate surface area is 117 Å². The SMILES string of the molecule is CC(C(=O)O)N(C)CC(=O)N(C)Cc1ccc(F)cc1. The molecule has 1 rings (SSSR count). The van der Waals surface area contributed by atoms with Crippen LogP contribution in [0.4, 0.5) is 4.39 Å². The van der Waals surface area contributed by atoms with Gasteiger partial charge in [0.15, 0.2) is 0 Å². The van der Waals surface area contributed by atoms with E-state index in [4.69, 9.17) is 5.11 Å². The van der Waals surface area contributed by atoms with Crippen LogP contribution in [0.3, 0.4) is 0 Å². The summed E-state index contributed by atoms with van der Waals surface area (Å²) in [5, 5.41) is 8.86. The van der Waals surface area contributed by atoms with E-state index in [0.29, 0.717) is 6.54 Å². The standard InChI is InChI=1S/C14H19FN2O3/c1-10(14(19)20)16(2)9-13(18)17(3)8-11-4-6-12(15)7-5-11/h4-7,10H,8-9H2,1-3H3,(H,19,20). The predicted octanol–water partition coefficient (Wildman–Crippen LogP) is 1.19. The monoisotopic (exact) mass is 282 g/mol. The number of hydrogen-bond acceptors (Lipinski definition) is 3. The number of hydrogen-bond donors (Lipinski definition) is 1. The van der Waals surface area contributed by atoms with Crippen molar-refractivity contribution in [2.75, 3.05) is 20.6 Å². The quantitative estimate of drug-likeness (QED) is 0.851. The van der Waals surface area contributed by atoms with Gasteiger partial charge >= 0.3 is 5.97 Å². The average Bonchev–Trinajstić information content (AvgIpc) is 2.40. The number of rotatable bonds is 6. The lowest BCUT2D eigenvalue weighted by molar-refractivity contribution is -0.143. The number of halogens is 1. The molecule has 1 N–H and O–H groups in total. The van der Waals surface area contributed by atoms with Crippen LogP contribution in [0.2, 0.25) is 0 Å². The lowest BCUT2D eigenvalue weighted by Gasteiger charge is -2.24. The fourth-order valence-electron chi connectivity index (χ4n) is 1.61. The maximum absolute atomic E-state index is 12.8. The molecular formula is C14H19FN2O3. The highest BCUT2D eigenvalue weighted by molar-refractivity contribution is 5.79. The second-order valence-electron chi connectivity index (χ2n) is 4.81. The molecular weight excluding hydrogens is 263 g/mol. The Morgan fingerprint density at radius 1 is 1.25 bits per heavy atom. The largest absolute Gasteiger partial charge is 0.480 e. The topological polar surface area (TPSA) is 60.9 Å². The van der Waals surface area contributed by atoms with Crippen LogP contribution in [0.5, 0.6) is 0 Å². The Hall–Kier alpha value is -1.95. The zero-order valence-corrected chi connectivity index (χ0v) is 11.8. The molecule has 110 valence electrons. The molecule has 0 saturated carbocycles. The Balaban J connectivity index is 2.54. The number of nitrogens with zero attached hydrogens (tertiary/aromatic N) is 2. The highest BCUT2D eigenvalue weighted by atomic mass is 19.1. The van der Waals surface area contributed by atoms with E-state index in [1.54, 1.807) is 26.2 Å². The normalized spacial score (nSPS) is 12.2. The second kappa shape index (κ2) is 7.00. The van der Waals surface area contributed by atoms with Gasteiger partial charge in [-0.2, -0.15) is 0 Å². The smallest absolute Gasteiger partial charge is 0.320 e. The zero-order valence-electron chi connectivity index (χ0n) is 11.8. The highest BCUT2D eigenvalue weighted by Gasteiger charge is 2.20. The average molecular weight is 282 g/mol. The first-order valence-corrected chi connectivity index (χ1v) is 6.22. The minimum absolute atomic E-state index is 0.0190. The maximum Gasteiger partial charge on any atom is 0.320 e. The number of aliphatic carboxylic acids is 1. The van der Waals surface area contributed by atoms with Crippen LogP contribution in [0, 0.1) is 5.82 Å². The van der Waals surface area contributed by atoms with Gasteiger partial charge in [0.05, 0.1) is 6.54 Å². The van der Waals surface area contributed by atoms with Gasteiger partial charge in [0.2, 0.25) is 5.91 Å². The van der Waals surface area contributed by atoms with Gasteiger partial charge in [0.1, 0.15) is 11.9 Å². The molecule has 0 aliphatic rings. The van der Waals surface area contributed by atoms with Gasteiger partial charge in [0, 0.05) is 13.6 Å². The molecule has 0 radical (unpaired) electrons. The van der Waals surface area contributed by atoms with E-state index in [1.807, 2.05) is 0 Å². The van der Waals surface area contributed by atoms with Crippen molar-refractivity contribution in [1.29, 1.82) is 0 Å². The second-order valence-corrected chi connectivity index (χ2v) is 4.81. The summed E-state index contributed by atoms with van der Waals surface area (Å²) in [6.07, 6.45) is 0. The predicted molar refractivity (Wildman–Crippen MR) is 72.6 cm³/mol. The van der Waals surface area contributed by atoms with Gasteiger partial charge in [-0.15, -0.1) is 0 Å². The van der Waals surface area contributed by atoms with E-state index < -0.39 is 12.0 Å². The van der Waals surface area contributed by atoms with Crippen molar-refractivity contribution in [1.82, 2.24) is 9.80 Å². The van der Waals surface area contributed by atoms with Crippen molar-refractivity contribution in [3.05, 3.63) is 35.6 Å². The van der Waals surface area contributed by atoms with Crippen molar-refractivity contribution in [3.63, 3.8) is 0 Å². The number of carbonyl (C=O) groups excluding carboxylic acids is 1. The molecule has 0 spiro atoms. The van der Waals surface area contributed by atoms with Crippen LogP contribution in [-0.2, 0) is 16.1 Å². The zero-order chi connectivity index (χ0) is 15.3. The minimum Gasteiger partial charge on any atom is -0.480 e. The number of benzene rings is 1. The number of carbonyl (C=O) groups is 2. The van der Waals surface area contributed by atoms with Gasteiger partial charge in [-0.1, -0.05) is 12.1 Å². The third kappa shape index (κ3) is 4.62. The van der Waals surface area contributed by atoms with Crippen LogP contribution in [0.1, 0.15) is 12.5 Å². The lowest BCUT2D eigenvalue weighted by atomic mass is 10.2. The molecule has 6 heteroatoms. The third-order valence-electron chi connectivity index (χ3n) is 3.16. The summed E-state index contributed by atoms with van der Waals surface area (Å²) < 4.78 is 12.8. The first-order valence-electron chi connectivity index (χ1n) is 6.22. The van der Waals surface area contributed by atoms with E-state index >= 15 is 0 Å². The number of likely N-dealkylation sites (N-methyl/N-ethyl adjacent to an activating group) is 2. The van der Waals surface area contributed by atoms with Crippen molar-refractivity contribution in [2.45, 2.75) is 19.5 Å². The van der Waals surface area contributed by atoms with Crippen LogP contribution in [-0.4, -0.2) is 53.5 Å². The van der Waals surface area contributed by atoms with Crippen LogP contribution >= 0.6 is 0 Å². The number of amides is 1. The first-order chi connectivity index (χ1) is 9.31. The molecule has 0 aromatic heterocycles. The Morgan fingerprint density at radius 2 is 1.80 bits per heavy atom. The molecule has 1 amide bonds. The summed E-state index contributed by atoms with van der Waals surface area (Å²) in [6, 6.07) is 5.18. The van der Waals surface area contributed by atoms with E-state index in [9.17, 15) is 14.0 Å². The summed E-state index contributed by atoms with van der Waals surface area (Å²) >= 11 is 0. The van der Waals surface area contributed by atoms with Gasteiger partial charge in [-0.25, -0.2) is 4.39 Å².